The molecule has 0 amide bonds. The van der Waals surface area contributed by atoms with E-state index in [0.717, 1.165) is 44.6 Å². The summed E-state index contributed by atoms with van der Waals surface area (Å²) in [5, 5.41) is 2.24. The second-order valence-corrected chi connectivity index (χ2v) is 15.2. The van der Waals surface area contributed by atoms with Crippen LogP contribution in [0.4, 0.5) is 11.4 Å². The summed E-state index contributed by atoms with van der Waals surface area (Å²) in [5.74, 6) is 0.646. The summed E-state index contributed by atoms with van der Waals surface area (Å²) < 4.78 is 6.41. The number of hydrogen-bond acceptors (Lipinski definition) is 2. The Balaban J connectivity index is 1.17. The maximum absolute atomic E-state index is 6.41. The molecular weight excluding hydrogens is 691 g/mol. The number of fused-ring (bicyclic) bond motifs is 3. The molecule has 0 bridgehead atoms. The maximum atomic E-state index is 6.41. The largest absolute Gasteiger partial charge is 0.456 e. The summed E-state index contributed by atoms with van der Waals surface area (Å²) in [4.78, 5) is 2.31. The Morgan fingerprint density at radius 1 is 0.526 bits per heavy atom. The van der Waals surface area contributed by atoms with Crippen molar-refractivity contribution in [3.63, 3.8) is 0 Å². The van der Waals surface area contributed by atoms with Gasteiger partial charge in [-0.25, -0.2) is 0 Å². The maximum Gasteiger partial charge on any atom is 0.137 e. The lowest BCUT2D eigenvalue weighted by Gasteiger charge is -2.27. The molecule has 1 aromatic heterocycles. The fourth-order valence-corrected chi connectivity index (χ4v) is 8.68. The molecule has 9 rings (SSSR count). The van der Waals surface area contributed by atoms with Gasteiger partial charge < -0.3 is 9.32 Å². The second-order valence-electron chi connectivity index (χ2n) is 15.2. The lowest BCUT2D eigenvalue weighted by atomic mass is 9.84. The van der Waals surface area contributed by atoms with E-state index in [1.165, 1.54) is 76.6 Å². The van der Waals surface area contributed by atoms with Crippen LogP contribution in [0.3, 0.4) is 0 Å². The summed E-state index contributed by atoms with van der Waals surface area (Å²) in [6, 6.07) is 60.8. The molecule has 2 nitrogen and oxygen atoms in total. The molecule has 1 heterocycles. The highest BCUT2D eigenvalue weighted by molar-refractivity contribution is 6.06. The normalized spacial score (nSPS) is 13.9. The molecule has 8 aromatic rings. The van der Waals surface area contributed by atoms with E-state index in [-0.39, 0.29) is 0 Å². The number of rotatable bonds is 10. The summed E-state index contributed by atoms with van der Waals surface area (Å²) in [5.41, 5.74) is 15.8. The number of anilines is 2. The van der Waals surface area contributed by atoms with Crippen LogP contribution in [0, 0.1) is 5.92 Å². The lowest BCUT2D eigenvalue weighted by molar-refractivity contribution is 0.403. The molecule has 1 saturated carbocycles. The lowest BCUT2D eigenvalue weighted by Crippen LogP contribution is -2.15. The third kappa shape index (κ3) is 7.39. The molecule has 0 N–H and O–H groups in total. The molecule has 7 aromatic carbocycles. The number of nitrogens with zero attached hydrogens (tertiary/aromatic N) is 1. The highest BCUT2D eigenvalue weighted by Gasteiger charge is 2.19. The molecule has 0 saturated heterocycles. The zero-order valence-corrected chi connectivity index (χ0v) is 32.6. The minimum Gasteiger partial charge on any atom is -0.456 e. The van der Waals surface area contributed by atoms with Gasteiger partial charge in [0.25, 0.3) is 0 Å². The average Bonchev–Trinajstić information content (AvgIpc) is 3.66. The van der Waals surface area contributed by atoms with Gasteiger partial charge >= 0.3 is 0 Å². The molecule has 1 fully saturated rings. The Morgan fingerprint density at radius 3 is 1.89 bits per heavy atom. The first-order valence-corrected chi connectivity index (χ1v) is 20.3. The molecule has 0 radical (unpaired) electrons. The Kier molecular flexibility index (Phi) is 10.3. The monoisotopic (exact) mass is 737 g/mol. The molecule has 0 aliphatic heterocycles. The summed E-state index contributed by atoms with van der Waals surface area (Å²) in [6.45, 7) is 6.64. The summed E-state index contributed by atoms with van der Waals surface area (Å²) in [6.07, 6.45) is 13.1. The van der Waals surface area contributed by atoms with E-state index in [1.807, 2.05) is 18.2 Å². The van der Waals surface area contributed by atoms with Crippen LogP contribution in [0.15, 0.2) is 210 Å². The standard InChI is InChI=1S/C55H47NO/c1-3-46(32-29-39(2)40-17-7-4-8-18-40)56(48-35-36-52-51-25-13-14-28-53(51)57-54(52)38-48)47-33-30-43(31-34-47)55-49(42-21-11-6-12-22-42)26-16-27-50(55)45-24-15-23-44(37-45)41-19-9-5-10-20-41/h3,5-6,9-16,19-38,40H,1,4,7-8,17-18H2,2H3/b39-29+,46-32+. The first kappa shape index (κ1) is 36.0. The Morgan fingerprint density at radius 2 is 1.14 bits per heavy atom. The average molecular weight is 738 g/mol. The highest BCUT2D eigenvalue weighted by atomic mass is 16.3. The third-order valence-corrected chi connectivity index (χ3v) is 11.7. The fourth-order valence-electron chi connectivity index (χ4n) is 8.68. The quantitative estimate of drug-likeness (QED) is 0.130. The minimum absolute atomic E-state index is 0.646. The van der Waals surface area contributed by atoms with Crippen molar-refractivity contribution in [3.8, 4) is 44.5 Å². The van der Waals surface area contributed by atoms with Crippen LogP contribution in [0.1, 0.15) is 39.0 Å². The number of benzene rings is 7. The van der Waals surface area contributed by atoms with Crippen LogP contribution >= 0.6 is 0 Å². The van der Waals surface area contributed by atoms with Crippen molar-refractivity contribution < 1.29 is 4.42 Å². The molecule has 2 heteroatoms. The van der Waals surface area contributed by atoms with Crippen LogP contribution in [0.2, 0.25) is 0 Å². The highest BCUT2D eigenvalue weighted by Crippen LogP contribution is 2.43. The Bertz CT molecular complexity index is 2730. The number of hydrogen-bond donors (Lipinski definition) is 0. The van der Waals surface area contributed by atoms with E-state index in [2.05, 4.69) is 188 Å². The first-order chi connectivity index (χ1) is 28.1. The van der Waals surface area contributed by atoms with Gasteiger partial charge in [-0.05, 0) is 119 Å². The van der Waals surface area contributed by atoms with Gasteiger partial charge in [0.1, 0.15) is 11.2 Å². The molecule has 0 spiro atoms. The van der Waals surface area contributed by atoms with E-state index in [4.69, 9.17) is 4.42 Å². The van der Waals surface area contributed by atoms with Crippen molar-refractivity contribution in [2.45, 2.75) is 39.0 Å². The smallest absolute Gasteiger partial charge is 0.137 e. The zero-order chi connectivity index (χ0) is 38.6. The van der Waals surface area contributed by atoms with E-state index < -0.39 is 0 Å². The molecule has 0 atom stereocenters. The minimum atomic E-state index is 0.646. The van der Waals surface area contributed by atoms with Crippen molar-refractivity contribution in [1.29, 1.82) is 0 Å². The van der Waals surface area contributed by atoms with Crippen molar-refractivity contribution in [3.05, 3.63) is 206 Å². The predicted octanol–water partition coefficient (Wildman–Crippen LogP) is 16.0. The van der Waals surface area contributed by atoms with Gasteiger partial charge in [0, 0.05) is 33.9 Å². The molecular formula is C55H47NO. The SMILES string of the molecule is C=C/C(=C\C=C(/C)C1CCCCC1)N(c1ccc(-c2c(-c3ccccc3)cccc2-c2cccc(-c3ccccc3)c2)cc1)c1ccc2c(c1)oc1ccccc12. The first-order valence-electron chi connectivity index (χ1n) is 20.3. The van der Waals surface area contributed by atoms with E-state index in [0.29, 0.717) is 5.92 Å². The van der Waals surface area contributed by atoms with Crippen LogP contribution in [0.5, 0.6) is 0 Å². The zero-order valence-electron chi connectivity index (χ0n) is 32.6. The van der Waals surface area contributed by atoms with Gasteiger partial charge in [0.05, 0.1) is 0 Å². The van der Waals surface area contributed by atoms with Gasteiger partial charge in [-0.1, -0.05) is 165 Å². The van der Waals surface area contributed by atoms with Crippen molar-refractivity contribution in [2.24, 2.45) is 5.92 Å². The van der Waals surface area contributed by atoms with E-state index in [9.17, 15) is 0 Å². The molecule has 0 unspecified atom stereocenters. The van der Waals surface area contributed by atoms with Crippen LogP contribution in [0.25, 0.3) is 66.4 Å². The second kappa shape index (κ2) is 16.2. The van der Waals surface area contributed by atoms with Crippen LogP contribution in [-0.4, -0.2) is 0 Å². The Labute approximate surface area is 336 Å². The summed E-state index contributed by atoms with van der Waals surface area (Å²) >= 11 is 0. The van der Waals surface area contributed by atoms with E-state index in [1.54, 1.807) is 0 Å². The van der Waals surface area contributed by atoms with Crippen LogP contribution < -0.4 is 4.90 Å². The molecule has 1 aliphatic carbocycles. The third-order valence-electron chi connectivity index (χ3n) is 11.7. The number of furan rings is 1. The van der Waals surface area contributed by atoms with Crippen molar-refractivity contribution >= 4 is 33.3 Å². The molecule has 278 valence electrons. The van der Waals surface area contributed by atoms with Crippen LogP contribution in [-0.2, 0) is 0 Å². The van der Waals surface area contributed by atoms with E-state index >= 15 is 0 Å². The van der Waals surface area contributed by atoms with Gasteiger partial charge in [-0.3, -0.25) is 0 Å². The molecule has 57 heavy (non-hydrogen) atoms. The topological polar surface area (TPSA) is 16.4 Å². The van der Waals surface area contributed by atoms with Crippen molar-refractivity contribution in [2.75, 3.05) is 4.90 Å². The number of allylic oxidation sites excluding steroid dienone is 4. The fraction of sp³-hybridized carbons (Fsp3) is 0.127. The Hall–Kier alpha value is -6.64. The molecule has 1 aliphatic rings. The van der Waals surface area contributed by atoms with Gasteiger partial charge in [-0.15, -0.1) is 0 Å². The van der Waals surface area contributed by atoms with Gasteiger partial charge in [-0.2, -0.15) is 0 Å². The van der Waals surface area contributed by atoms with Gasteiger partial charge in [0.15, 0.2) is 0 Å². The predicted molar refractivity (Wildman–Crippen MR) is 243 cm³/mol. The number of para-hydroxylation sites is 1. The summed E-state index contributed by atoms with van der Waals surface area (Å²) in [7, 11) is 0. The van der Waals surface area contributed by atoms with Crippen molar-refractivity contribution in [1.82, 2.24) is 0 Å². The van der Waals surface area contributed by atoms with Gasteiger partial charge in [0.2, 0.25) is 0 Å².